The number of nitrogens with zero attached hydrogens (tertiary/aromatic N) is 1. The van der Waals surface area contributed by atoms with Gasteiger partial charge in [0.15, 0.2) is 0 Å². The molecule has 0 unspecified atom stereocenters. The van der Waals surface area contributed by atoms with E-state index in [2.05, 4.69) is 6.58 Å². The number of piperidine rings is 1. The lowest BCUT2D eigenvalue weighted by Crippen LogP contribution is -2.38. The minimum absolute atomic E-state index is 0.0697. The molecule has 0 spiro atoms. The molecule has 1 aliphatic heterocycles. The number of benzene rings is 3. The molecule has 5 nitrogen and oxygen atoms in total. The van der Waals surface area contributed by atoms with Gasteiger partial charge in [-0.05, 0) is 48.4 Å². The molecule has 0 radical (unpaired) electrons. The number of aldehydes is 1. The SMILES string of the molecule is C=C(C)c1cc(C(=O)N2CCC(CC=O)CC2)c(OCc2ccccc2)cc1OCc1ccccc1. The van der Waals surface area contributed by atoms with Gasteiger partial charge in [-0.25, -0.2) is 0 Å². The van der Waals surface area contributed by atoms with Crippen LogP contribution in [-0.4, -0.2) is 30.2 Å². The maximum atomic E-state index is 13.7. The highest BCUT2D eigenvalue weighted by Crippen LogP contribution is 2.35. The molecular weight excluding hydrogens is 450 g/mol. The van der Waals surface area contributed by atoms with Gasteiger partial charge in [0.2, 0.25) is 0 Å². The maximum absolute atomic E-state index is 13.7. The Bertz CT molecular complexity index is 1180. The van der Waals surface area contributed by atoms with E-state index in [-0.39, 0.29) is 5.91 Å². The summed E-state index contributed by atoms with van der Waals surface area (Å²) in [4.78, 5) is 26.4. The Morgan fingerprint density at radius 2 is 1.42 bits per heavy atom. The molecule has 186 valence electrons. The van der Waals surface area contributed by atoms with E-state index in [0.717, 1.165) is 41.4 Å². The zero-order valence-corrected chi connectivity index (χ0v) is 20.8. The van der Waals surface area contributed by atoms with Crippen LogP contribution in [0.4, 0.5) is 0 Å². The van der Waals surface area contributed by atoms with Crippen molar-refractivity contribution in [2.45, 2.75) is 39.4 Å². The summed E-state index contributed by atoms with van der Waals surface area (Å²) in [5.74, 6) is 1.41. The topological polar surface area (TPSA) is 55.8 Å². The van der Waals surface area contributed by atoms with Crippen molar-refractivity contribution in [2.24, 2.45) is 5.92 Å². The Kier molecular flexibility index (Phi) is 8.56. The normalized spacial score (nSPS) is 13.8. The third kappa shape index (κ3) is 6.42. The largest absolute Gasteiger partial charge is 0.488 e. The predicted molar refractivity (Wildman–Crippen MR) is 142 cm³/mol. The molecule has 1 heterocycles. The van der Waals surface area contributed by atoms with E-state index in [9.17, 15) is 9.59 Å². The predicted octanol–water partition coefficient (Wildman–Crippen LogP) is 6.32. The standard InChI is InChI=1S/C31H33NO4/c1-23(2)27-19-28(31(34)32-16-13-24(14-17-32)15-18-33)30(36-22-26-11-7-4-8-12-26)20-29(27)35-21-25-9-5-3-6-10-25/h3-12,18-20,24H,1,13-17,21-22H2,2H3. The Balaban J connectivity index is 1.63. The fraction of sp³-hybridized carbons (Fsp3) is 0.290. The van der Waals surface area contributed by atoms with Gasteiger partial charge >= 0.3 is 0 Å². The van der Waals surface area contributed by atoms with Crippen LogP contribution in [0.5, 0.6) is 11.5 Å². The Morgan fingerprint density at radius 3 is 1.92 bits per heavy atom. The molecule has 0 N–H and O–H groups in total. The molecule has 3 aromatic rings. The summed E-state index contributed by atoms with van der Waals surface area (Å²) in [6.07, 6.45) is 3.19. The van der Waals surface area contributed by atoms with Crippen LogP contribution in [0, 0.1) is 5.92 Å². The van der Waals surface area contributed by atoms with E-state index >= 15 is 0 Å². The molecule has 4 rings (SSSR count). The molecule has 36 heavy (non-hydrogen) atoms. The summed E-state index contributed by atoms with van der Waals surface area (Å²) < 4.78 is 12.4. The number of carbonyl (C=O) groups is 2. The summed E-state index contributed by atoms with van der Waals surface area (Å²) >= 11 is 0. The number of ether oxygens (including phenoxy) is 2. The van der Waals surface area contributed by atoms with Gasteiger partial charge in [0.25, 0.3) is 5.91 Å². The Labute approximate surface area is 213 Å². The number of hydrogen-bond acceptors (Lipinski definition) is 4. The van der Waals surface area contributed by atoms with Crippen molar-refractivity contribution < 1.29 is 19.1 Å². The molecule has 1 amide bonds. The number of rotatable bonds is 10. The molecule has 5 heteroatoms. The second kappa shape index (κ2) is 12.2. The Hall–Kier alpha value is -3.86. The molecule has 0 bridgehead atoms. The second-order valence-corrected chi connectivity index (χ2v) is 9.31. The average Bonchev–Trinajstić information content (AvgIpc) is 2.92. The molecule has 1 fully saturated rings. The highest BCUT2D eigenvalue weighted by atomic mass is 16.5. The van der Waals surface area contributed by atoms with Crippen molar-refractivity contribution >= 4 is 17.8 Å². The van der Waals surface area contributed by atoms with Gasteiger partial charge in [-0.3, -0.25) is 4.79 Å². The second-order valence-electron chi connectivity index (χ2n) is 9.31. The maximum Gasteiger partial charge on any atom is 0.257 e. The van der Waals surface area contributed by atoms with E-state index in [1.54, 1.807) is 0 Å². The molecule has 0 saturated carbocycles. The smallest absolute Gasteiger partial charge is 0.257 e. The minimum atomic E-state index is -0.0697. The van der Waals surface area contributed by atoms with Gasteiger partial charge in [-0.2, -0.15) is 0 Å². The number of hydrogen-bond donors (Lipinski definition) is 0. The molecule has 0 aromatic heterocycles. The van der Waals surface area contributed by atoms with Crippen molar-refractivity contribution in [3.05, 3.63) is 102 Å². The zero-order valence-electron chi connectivity index (χ0n) is 20.8. The Morgan fingerprint density at radius 1 is 0.889 bits per heavy atom. The van der Waals surface area contributed by atoms with Gasteiger partial charge in [-0.1, -0.05) is 67.2 Å². The third-order valence-corrected chi connectivity index (χ3v) is 6.58. The summed E-state index contributed by atoms with van der Waals surface area (Å²) in [5, 5.41) is 0. The van der Waals surface area contributed by atoms with E-state index in [4.69, 9.17) is 9.47 Å². The van der Waals surface area contributed by atoms with E-state index in [1.165, 1.54) is 0 Å². The van der Waals surface area contributed by atoms with E-state index in [1.807, 2.05) is 84.6 Å². The first-order valence-corrected chi connectivity index (χ1v) is 12.5. The first-order valence-electron chi connectivity index (χ1n) is 12.5. The molecule has 0 atom stereocenters. The van der Waals surface area contributed by atoms with Crippen LogP contribution in [0.15, 0.2) is 79.4 Å². The van der Waals surface area contributed by atoms with Gasteiger partial charge in [0, 0.05) is 31.1 Å². The quantitative estimate of drug-likeness (QED) is 0.317. The molecule has 1 saturated heterocycles. The molecule has 1 aliphatic rings. The zero-order chi connectivity index (χ0) is 25.3. The molecule has 0 aliphatic carbocycles. The summed E-state index contributed by atoms with van der Waals surface area (Å²) in [7, 11) is 0. The van der Waals surface area contributed by atoms with E-state index in [0.29, 0.717) is 55.7 Å². The lowest BCUT2D eigenvalue weighted by molar-refractivity contribution is -0.108. The van der Waals surface area contributed by atoms with Crippen molar-refractivity contribution in [2.75, 3.05) is 13.1 Å². The van der Waals surface area contributed by atoms with Gasteiger partial charge in [-0.15, -0.1) is 0 Å². The van der Waals surface area contributed by atoms with Crippen LogP contribution < -0.4 is 9.47 Å². The number of amides is 1. The van der Waals surface area contributed by atoms with Crippen molar-refractivity contribution in [3.63, 3.8) is 0 Å². The average molecular weight is 484 g/mol. The van der Waals surface area contributed by atoms with Gasteiger partial charge in [0.1, 0.15) is 31.0 Å². The first kappa shape index (κ1) is 25.2. The fourth-order valence-electron chi connectivity index (χ4n) is 4.45. The van der Waals surface area contributed by atoms with Gasteiger partial charge < -0.3 is 19.2 Å². The monoisotopic (exact) mass is 483 g/mol. The van der Waals surface area contributed by atoms with Gasteiger partial charge in [0.05, 0.1) is 5.56 Å². The highest BCUT2D eigenvalue weighted by molar-refractivity contribution is 5.98. The molecule has 3 aromatic carbocycles. The number of likely N-dealkylation sites (tertiary alicyclic amines) is 1. The van der Waals surface area contributed by atoms with Crippen LogP contribution >= 0.6 is 0 Å². The van der Waals surface area contributed by atoms with Crippen molar-refractivity contribution in [1.82, 2.24) is 4.90 Å². The third-order valence-electron chi connectivity index (χ3n) is 6.58. The fourth-order valence-corrected chi connectivity index (χ4v) is 4.45. The summed E-state index contributed by atoms with van der Waals surface area (Å²) in [6.45, 7) is 8.04. The van der Waals surface area contributed by atoms with Crippen LogP contribution in [-0.2, 0) is 18.0 Å². The highest BCUT2D eigenvalue weighted by Gasteiger charge is 2.27. The van der Waals surface area contributed by atoms with Crippen LogP contribution in [0.25, 0.3) is 5.57 Å². The lowest BCUT2D eigenvalue weighted by Gasteiger charge is -2.32. The van der Waals surface area contributed by atoms with Crippen molar-refractivity contribution in [3.8, 4) is 11.5 Å². The minimum Gasteiger partial charge on any atom is -0.488 e. The number of allylic oxidation sites excluding steroid dienone is 1. The van der Waals surface area contributed by atoms with E-state index < -0.39 is 0 Å². The van der Waals surface area contributed by atoms with Crippen molar-refractivity contribution in [1.29, 1.82) is 0 Å². The van der Waals surface area contributed by atoms with Crippen LogP contribution in [0.1, 0.15) is 53.2 Å². The van der Waals surface area contributed by atoms with Crippen LogP contribution in [0.3, 0.4) is 0 Å². The van der Waals surface area contributed by atoms with Crippen LogP contribution in [0.2, 0.25) is 0 Å². The first-order chi connectivity index (χ1) is 17.5. The summed E-state index contributed by atoms with van der Waals surface area (Å²) in [6, 6.07) is 23.5. The molecular formula is C31H33NO4. The summed E-state index contributed by atoms with van der Waals surface area (Å²) in [5.41, 5.74) is 4.17. The lowest BCUT2D eigenvalue weighted by atomic mass is 9.93. The number of carbonyl (C=O) groups excluding carboxylic acids is 2.